The van der Waals surface area contributed by atoms with Crippen LogP contribution in [0.4, 0.5) is 0 Å². The molecule has 2 aliphatic rings. The van der Waals surface area contributed by atoms with Crippen molar-refractivity contribution in [3.05, 3.63) is 0 Å². The zero-order chi connectivity index (χ0) is 10.4. The molecule has 0 aliphatic heterocycles. The number of hydrogen-bond donors (Lipinski definition) is 0. The molecule has 0 saturated heterocycles. The Morgan fingerprint density at radius 1 is 0.929 bits per heavy atom. The van der Waals surface area contributed by atoms with E-state index in [0.717, 1.165) is 16.2 Å². The quantitative estimate of drug-likeness (QED) is 0.570. The lowest BCUT2D eigenvalue weighted by molar-refractivity contribution is 0.247. The van der Waals surface area contributed by atoms with Gasteiger partial charge in [0, 0.05) is 0 Å². The molecule has 2 fully saturated rings. The van der Waals surface area contributed by atoms with Gasteiger partial charge in [-0.25, -0.2) is 0 Å². The second-order valence-corrected chi connectivity index (χ2v) is 5.88. The van der Waals surface area contributed by atoms with Gasteiger partial charge in [0.05, 0.1) is 0 Å². The highest BCUT2D eigenvalue weighted by Gasteiger charge is 2.94. The predicted molar refractivity (Wildman–Crippen MR) is 62.3 cm³/mol. The van der Waals surface area contributed by atoms with E-state index in [4.69, 9.17) is 0 Å². The third-order valence-corrected chi connectivity index (χ3v) is 5.76. The SMILES string of the molecule is CCCCC12CC1(CC)C2(C)CCC. The standard InChI is InChI=1S/C14H26/c1-5-8-10-14-11-13(14,7-3)12(14,4)9-6-2/h5-11H2,1-4H3. The van der Waals surface area contributed by atoms with E-state index in [1.54, 1.807) is 6.42 Å². The fourth-order valence-electron chi connectivity index (χ4n) is 4.81. The first-order chi connectivity index (χ1) is 6.64. The van der Waals surface area contributed by atoms with Gasteiger partial charge in [0.15, 0.2) is 0 Å². The monoisotopic (exact) mass is 194 g/mol. The van der Waals surface area contributed by atoms with Gasteiger partial charge in [-0.05, 0) is 41.9 Å². The third kappa shape index (κ3) is 0.864. The molecule has 3 unspecified atom stereocenters. The molecule has 2 rings (SSSR count). The summed E-state index contributed by atoms with van der Waals surface area (Å²) < 4.78 is 0. The minimum atomic E-state index is 0.749. The van der Waals surface area contributed by atoms with Crippen molar-refractivity contribution in [3.8, 4) is 0 Å². The second-order valence-electron chi connectivity index (χ2n) is 5.88. The van der Waals surface area contributed by atoms with E-state index in [1.165, 1.54) is 38.5 Å². The predicted octanol–water partition coefficient (Wildman–Crippen LogP) is 4.78. The Labute approximate surface area is 89.5 Å². The van der Waals surface area contributed by atoms with Crippen molar-refractivity contribution in [2.45, 2.75) is 72.6 Å². The summed E-state index contributed by atoms with van der Waals surface area (Å²) in [6.07, 6.45) is 10.2. The minimum absolute atomic E-state index is 0.749. The Bertz CT molecular complexity index is 232. The maximum atomic E-state index is 2.57. The van der Waals surface area contributed by atoms with Crippen LogP contribution in [-0.4, -0.2) is 0 Å². The molecule has 0 heterocycles. The molecule has 3 atom stereocenters. The molecule has 0 heteroatoms. The van der Waals surface area contributed by atoms with Crippen LogP contribution in [0.15, 0.2) is 0 Å². The van der Waals surface area contributed by atoms with Crippen LogP contribution in [0.3, 0.4) is 0 Å². The smallest absolute Gasteiger partial charge is 0.0170 e. The summed E-state index contributed by atoms with van der Waals surface area (Å²) in [5.74, 6) is 0. The van der Waals surface area contributed by atoms with Gasteiger partial charge < -0.3 is 0 Å². The first-order valence-corrected chi connectivity index (χ1v) is 6.64. The summed E-state index contributed by atoms with van der Waals surface area (Å²) in [6, 6.07) is 0. The van der Waals surface area contributed by atoms with E-state index in [-0.39, 0.29) is 0 Å². The highest BCUT2D eigenvalue weighted by atomic mass is 15.0. The molecule has 0 spiro atoms. The normalized spacial score (nSPS) is 48.9. The summed E-state index contributed by atoms with van der Waals surface area (Å²) in [5, 5.41) is 0. The van der Waals surface area contributed by atoms with Crippen molar-refractivity contribution in [2.24, 2.45) is 16.2 Å². The van der Waals surface area contributed by atoms with Crippen LogP contribution in [0.25, 0.3) is 0 Å². The van der Waals surface area contributed by atoms with Crippen molar-refractivity contribution in [1.29, 1.82) is 0 Å². The second kappa shape index (κ2) is 3.00. The fourth-order valence-corrected chi connectivity index (χ4v) is 4.81. The molecule has 0 aromatic rings. The number of rotatable bonds is 6. The van der Waals surface area contributed by atoms with Gasteiger partial charge in [0.1, 0.15) is 0 Å². The van der Waals surface area contributed by atoms with E-state index in [1.807, 2.05) is 0 Å². The molecular formula is C14H26. The number of unbranched alkanes of at least 4 members (excludes halogenated alkanes) is 1. The summed E-state index contributed by atoms with van der Waals surface area (Å²) in [5.41, 5.74) is 2.38. The summed E-state index contributed by atoms with van der Waals surface area (Å²) in [7, 11) is 0. The van der Waals surface area contributed by atoms with Crippen LogP contribution in [0.5, 0.6) is 0 Å². The molecule has 0 aromatic carbocycles. The lowest BCUT2D eigenvalue weighted by Gasteiger charge is -2.25. The van der Waals surface area contributed by atoms with E-state index >= 15 is 0 Å². The Balaban J connectivity index is 2.02. The average Bonchev–Trinajstić information content (AvgIpc) is 2.98. The summed E-state index contributed by atoms with van der Waals surface area (Å²) in [4.78, 5) is 0. The lowest BCUT2D eigenvalue weighted by Crippen LogP contribution is -2.16. The molecule has 0 bridgehead atoms. The van der Waals surface area contributed by atoms with Gasteiger partial charge in [-0.3, -0.25) is 0 Å². The van der Waals surface area contributed by atoms with E-state index in [2.05, 4.69) is 27.7 Å². The van der Waals surface area contributed by atoms with Crippen molar-refractivity contribution in [2.75, 3.05) is 0 Å². The lowest BCUT2D eigenvalue weighted by atomic mass is 9.79. The third-order valence-electron chi connectivity index (χ3n) is 5.76. The molecule has 0 aromatic heterocycles. The van der Waals surface area contributed by atoms with Crippen LogP contribution in [-0.2, 0) is 0 Å². The van der Waals surface area contributed by atoms with E-state index < -0.39 is 0 Å². The van der Waals surface area contributed by atoms with Crippen LogP contribution in [0.2, 0.25) is 0 Å². The van der Waals surface area contributed by atoms with Crippen LogP contribution in [0, 0.1) is 16.2 Å². The molecule has 14 heavy (non-hydrogen) atoms. The molecule has 2 saturated carbocycles. The first-order valence-electron chi connectivity index (χ1n) is 6.64. The molecule has 2 aliphatic carbocycles. The maximum Gasteiger partial charge on any atom is -0.0170 e. The van der Waals surface area contributed by atoms with Gasteiger partial charge in [-0.15, -0.1) is 0 Å². The molecule has 0 radical (unpaired) electrons. The molecule has 0 N–H and O–H groups in total. The van der Waals surface area contributed by atoms with Crippen molar-refractivity contribution < 1.29 is 0 Å². The van der Waals surface area contributed by atoms with Gasteiger partial charge in [0.25, 0.3) is 0 Å². The molecule has 0 amide bonds. The number of hydrogen-bond acceptors (Lipinski definition) is 0. The summed E-state index contributed by atoms with van der Waals surface area (Å²) >= 11 is 0. The minimum Gasteiger partial charge on any atom is -0.0654 e. The Kier molecular flexibility index (Phi) is 2.25. The van der Waals surface area contributed by atoms with Gasteiger partial charge in [-0.2, -0.15) is 0 Å². The van der Waals surface area contributed by atoms with Crippen LogP contribution < -0.4 is 0 Å². The van der Waals surface area contributed by atoms with Crippen molar-refractivity contribution in [3.63, 3.8) is 0 Å². The van der Waals surface area contributed by atoms with Gasteiger partial charge in [0.2, 0.25) is 0 Å². The van der Waals surface area contributed by atoms with Gasteiger partial charge >= 0.3 is 0 Å². The Hall–Kier alpha value is 0. The Morgan fingerprint density at radius 3 is 2.14 bits per heavy atom. The Morgan fingerprint density at radius 2 is 1.64 bits per heavy atom. The topological polar surface area (TPSA) is 0 Å². The zero-order valence-electron chi connectivity index (χ0n) is 10.4. The van der Waals surface area contributed by atoms with E-state index in [0.29, 0.717) is 0 Å². The van der Waals surface area contributed by atoms with E-state index in [9.17, 15) is 0 Å². The summed E-state index contributed by atoms with van der Waals surface area (Å²) in [6.45, 7) is 9.65. The maximum absolute atomic E-state index is 2.57. The van der Waals surface area contributed by atoms with Crippen LogP contribution in [0.1, 0.15) is 72.6 Å². The largest absolute Gasteiger partial charge is 0.0654 e. The molecule has 0 nitrogen and oxygen atoms in total. The fraction of sp³-hybridized carbons (Fsp3) is 1.00. The van der Waals surface area contributed by atoms with Crippen LogP contribution >= 0.6 is 0 Å². The van der Waals surface area contributed by atoms with Crippen molar-refractivity contribution in [1.82, 2.24) is 0 Å². The molecular weight excluding hydrogens is 168 g/mol. The molecule has 82 valence electrons. The number of fused-ring (bicyclic) bond motifs is 1. The average molecular weight is 194 g/mol. The van der Waals surface area contributed by atoms with Crippen molar-refractivity contribution >= 4 is 0 Å². The highest BCUT2D eigenvalue weighted by molar-refractivity contribution is 5.41. The zero-order valence-corrected chi connectivity index (χ0v) is 10.4. The first kappa shape index (κ1) is 10.5. The highest BCUT2D eigenvalue weighted by Crippen LogP contribution is 3.00. The van der Waals surface area contributed by atoms with Gasteiger partial charge in [-0.1, -0.05) is 47.0 Å².